The Morgan fingerprint density at radius 3 is 2.00 bits per heavy atom. The Morgan fingerprint density at radius 2 is 1.19 bits per heavy atom. The number of anilines is 4. The van der Waals surface area contributed by atoms with Crippen molar-refractivity contribution < 1.29 is 21.1 Å². The summed E-state index contributed by atoms with van der Waals surface area (Å²) in [5.41, 5.74) is 11.4. The number of rotatable bonds is 7. The van der Waals surface area contributed by atoms with Crippen molar-refractivity contribution in [3.05, 3.63) is 194 Å². The third kappa shape index (κ3) is 6.10. The first-order valence-corrected chi connectivity index (χ1v) is 18.6. The Bertz CT molecular complexity index is 2760. The molecule has 7 aromatic carbocycles. The molecule has 0 N–H and O–H groups in total. The SMILES string of the molecule is [Pt+2].[c-]1c(Sc2[c-]c3c(cc2)c2ccccc2n3-c2cc(-c3ccccc3-c3ccccc3)ccn2)cccc1N1CN(c2ccccc2)c2ccccc21. The van der Waals surface area contributed by atoms with Gasteiger partial charge in [0.2, 0.25) is 0 Å². The van der Waals surface area contributed by atoms with Crippen molar-refractivity contribution in [2.45, 2.75) is 9.79 Å². The van der Waals surface area contributed by atoms with E-state index in [4.69, 9.17) is 4.98 Å². The van der Waals surface area contributed by atoms with E-state index in [1.165, 1.54) is 39.1 Å². The first-order chi connectivity index (χ1) is 26.3. The largest absolute Gasteiger partial charge is 2.00 e. The number of hydrogen-bond donors (Lipinski definition) is 0. The molecule has 260 valence electrons. The summed E-state index contributed by atoms with van der Waals surface area (Å²) < 4.78 is 2.25. The van der Waals surface area contributed by atoms with Crippen LogP contribution < -0.4 is 9.80 Å². The average molecular weight is 892 g/mol. The van der Waals surface area contributed by atoms with Gasteiger partial charge in [0.1, 0.15) is 5.82 Å². The number of fused-ring (bicyclic) bond motifs is 4. The topological polar surface area (TPSA) is 24.3 Å². The predicted molar refractivity (Wildman–Crippen MR) is 220 cm³/mol. The standard InChI is InChI=1S/C48H32N4S.Pt/c1-3-14-34(15-4-1)40-20-7-8-21-41(40)35-28-29-49-48(30-35)52-44-23-10-9-22-42(44)43-27-26-39(32-47(43)52)53-38-19-13-18-37(31-38)51-33-50(36-16-5-2-6-17-36)45-24-11-12-25-46(45)51;/h1-30H,33H2;/q-2;+2. The fourth-order valence-electron chi connectivity index (χ4n) is 7.50. The third-order valence-electron chi connectivity index (χ3n) is 9.93. The molecular formula is C48H32N4PtS. The molecule has 0 atom stereocenters. The molecule has 1 aliphatic rings. The van der Waals surface area contributed by atoms with Gasteiger partial charge < -0.3 is 14.4 Å². The van der Waals surface area contributed by atoms with E-state index in [-0.39, 0.29) is 21.1 Å². The number of aromatic nitrogens is 2. The molecule has 0 fully saturated rings. The van der Waals surface area contributed by atoms with Crippen LogP contribution in [0.25, 0.3) is 49.9 Å². The summed E-state index contributed by atoms with van der Waals surface area (Å²) in [5.74, 6) is 0.860. The van der Waals surface area contributed by atoms with Gasteiger partial charge in [-0.05, 0) is 70.1 Å². The molecule has 10 rings (SSSR count). The van der Waals surface area contributed by atoms with E-state index in [1.54, 1.807) is 11.8 Å². The molecule has 9 aromatic rings. The molecule has 54 heavy (non-hydrogen) atoms. The molecule has 0 unspecified atom stereocenters. The Kier molecular flexibility index (Phi) is 9.12. The fourth-order valence-corrected chi connectivity index (χ4v) is 8.33. The van der Waals surface area contributed by atoms with E-state index in [2.05, 4.69) is 202 Å². The van der Waals surface area contributed by atoms with Crippen LogP contribution in [0.15, 0.2) is 192 Å². The smallest absolute Gasteiger partial charge is 0.345 e. The van der Waals surface area contributed by atoms with Crippen molar-refractivity contribution in [1.29, 1.82) is 0 Å². The molecule has 0 amide bonds. The number of nitrogens with zero attached hydrogens (tertiary/aromatic N) is 4. The fraction of sp³-hybridized carbons (Fsp3) is 0.0208. The first-order valence-electron chi connectivity index (χ1n) is 17.7. The zero-order valence-corrected chi connectivity index (χ0v) is 32.1. The van der Waals surface area contributed by atoms with Crippen LogP contribution >= 0.6 is 11.8 Å². The van der Waals surface area contributed by atoms with Gasteiger partial charge in [-0.25, -0.2) is 4.98 Å². The second-order valence-corrected chi connectivity index (χ2v) is 14.2. The maximum atomic E-state index is 4.95. The molecular weight excluding hydrogens is 860 g/mol. The van der Waals surface area contributed by atoms with Crippen LogP contribution in [0.1, 0.15) is 0 Å². The van der Waals surface area contributed by atoms with E-state index in [9.17, 15) is 0 Å². The van der Waals surface area contributed by atoms with Crippen LogP contribution in [0.2, 0.25) is 0 Å². The summed E-state index contributed by atoms with van der Waals surface area (Å²) in [6.07, 6.45) is 1.92. The van der Waals surface area contributed by atoms with E-state index >= 15 is 0 Å². The van der Waals surface area contributed by atoms with Crippen LogP contribution in [0, 0.1) is 12.1 Å². The summed E-state index contributed by atoms with van der Waals surface area (Å²) in [4.78, 5) is 11.7. The van der Waals surface area contributed by atoms with Gasteiger partial charge in [0.15, 0.2) is 0 Å². The second-order valence-electron chi connectivity index (χ2n) is 13.1. The van der Waals surface area contributed by atoms with Gasteiger partial charge in [0.05, 0.1) is 18.0 Å². The van der Waals surface area contributed by atoms with E-state index in [0.717, 1.165) is 43.3 Å². The minimum absolute atomic E-state index is 0. The summed E-state index contributed by atoms with van der Waals surface area (Å²) >= 11 is 1.68. The number of para-hydroxylation sites is 4. The van der Waals surface area contributed by atoms with Gasteiger partial charge in [0.25, 0.3) is 0 Å². The maximum Gasteiger partial charge on any atom is 2.00 e. The van der Waals surface area contributed by atoms with Crippen LogP contribution in [0.4, 0.5) is 22.7 Å². The van der Waals surface area contributed by atoms with E-state index in [0.29, 0.717) is 6.67 Å². The predicted octanol–water partition coefficient (Wildman–Crippen LogP) is 12.5. The van der Waals surface area contributed by atoms with Crippen LogP contribution in [-0.4, -0.2) is 16.2 Å². The van der Waals surface area contributed by atoms with Crippen molar-refractivity contribution in [1.82, 2.24) is 9.55 Å². The summed E-state index contributed by atoms with van der Waals surface area (Å²) in [5, 5.41) is 2.32. The minimum Gasteiger partial charge on any atom is -0.345 e. The summed E-state index contributed by atoms with van der Waals surface area (Å²) in [7, 11) is 0. The number of benzene rings is 7. The second kappa shape index (κ2) is 14.5. The summed E-state index contributed by atoms with van der Waals surface area (Å²) in [6, 6.07) is 69.5. The molecule has 0 bridgehead atoms. The molecule has 4 nitrogen and oxygen atoms in total. The molecule has 3 heterocycles. The molecule has 0 radical (unpaired) electrons. The van der Waals surface area contributed by atoms with Gasteiger partial charge in [-0.1, -0.05) is 114 Å². The molecule has 0 saturated carbocycles. The molecule has 0 saturated heterocycles. The van der Waals surface area contributed by atoms with Crippen molar-refractivity contribution in [3.8, 4) is 28.1 Å². The Morgan fingerprint density at radius 1 is 0.519 bits per heavy atom. The number of hydrogen-bond acceptors (Lipinski definition) is 4. The molecule has 0 aliphatic carbocycles. The van der Waals surface area contributed by atoms with Gasteiger partial charge in [-0.15, -0.1) is 45.1 Å². The van der Waals surface area contributed by atoms with Gasteiger partial charge >= 0.3 is 21.1 Å². The third-order valence-corrected chi connectivity index (χ3v) is 10.8. The van der Waals surface area contributed by atoms with Crippen LogP contribution in [-0.2, 0) is 21.1 Å². The Labute approximate surface area is 333 Å². The van der Waals surface area contributed by atoms with E-state index in [1.807, 2.05) is 6.20 Å². The molecule has 0 spiro atoms. The molecule has 1 aliphatic heterocycles. The van der Waals surface area contributed by atoms with Gasteiger partial charge in [-0.2, -0.15) is 24.3 Å². The minimum atomic E-state index is 0. The summed E-state index contributed by atoms with van der Waals surface area (Å²) in [6.45, 7) is 0.716. The molecule has 6 heteroatoms. The zero-order valence-electron chi connectivity index (χ0n) is 29.0. The van der Waals surface area contributed by atoms with Crippen LogP contribution in [0.5, 0.6) is 0 Å². The van der Waals surface area contributed by atoms with Crippen LogP contribution in [0.3, 0.4) is 0 Å². The normalized spacial score (nSPS) is 12.2. The number of pyridine rings is 1. The van der Waals surface area contributed by atoms with Crippen molar-refractivity contribution in [2.75, 3.05) is 16.5 Å². The Hall–Kier alpha value is -5.87. The van der Waals surface area contributed by atoms with Gasteiger partial charge in [0, 0.05) is 17.4 Å². The quantitative estimate of drug-likeness (QED) is 0.149. The van der Waals surface area contributed by atoms with Crippen molar-refractivity contribution in [3.63, 3.8) is 0 Å². The van der Waals surface area contributed by atoms with Gasteiger partial charge in [-0.3, -0.25) is 0 Å². The van der Waals surface area contributed by atoms with Crippen molar-refractivity contribution >= 4 is 56.3 Å². The molecule has 2 aromatic heterocycles. The monoisotopic (exact) mass is 891 g/mol. The van der Waals surface area contributed by atoms with E-state index < -0.39 is 0 Å². The average Bonchev–Trinajstić information content (AvgIpc) is 3.78. The van der Waals surface area contributed by atoms with Crippen molar-refractivity contribution in [2.24, 2.45) is 0 Å². The zero-order chi connectivity index (χ0) is 35.1. The maximum absolute atomic E-state index is 4.95. The first kappa shape index (κ1) is 33.9. The Balaban J connectivity index is 0.00000384.